The van der Waals surface area contributed by atoms with Gasteiger partial charge in [0.25, 0.3) is 16.0 Å². The highest BCUT2D eigenvalue weighted by Crippen LogP contribution is 2.24. The minimum absolute atomic E-state index is 0.0648. The average molecular weight is 329 g/mol. The second kappa shape index (κ2) is 4.99. The maximum absolute atomic E-state index is 12.1. The number of hydrogen-bond acceptors (Lipinski definition) is 5. The molecule has 0 unspecified atom stereocenters. The SMILES string of the molecule is Cc1ccc(S(=O)(=O)Nc2nccnn2)c(Br)c1. The number of nitrogens with one attached hydrogen (secondary N) is 1. The van der Waals surface area contributed by atoms with Crippen molar-refractivity contribution in [3.05, 3.63) is 40.6 Å². The van der Waals surface area contributed by atoms with Crippen LogP contribution in [0.3, 0.4) is 0 Å². The van der Waals surface area contributed by atoms with E-state index in [2.05, 4.69) is 35.8 Å². The molecular formula is C10H9BrN4O2S. The van der Waals surface area contributed by atoms with Gasteiger partial charge in [0.05, 0.1) is 12.4 Å². The highest BCUT2D eigenvalue weighted by atomic mass is 79.9. The first-order chi connectivity index (χ1) is 8.49. The number of hydrogen-bond donors (Lipinski definition) is 1. The second-order valence-electron chi connectivity index (χ2n) is 3.51. The van der Waals surface area contributed by atoms with Crippen molar-refractivity contribution >= 4 is 31.9 Å². The summed E-state index contributed by atoms with van der Waals surface area (Å²) >= 11 is 3.22. The van der Waals surface area contributed by atoms with Crippen molar-refractivity contribution in [3.63, 3.8) is 0 Å². The van der Waals surface area contributed by atoms with Crippen LogP contribution in [0.15, 0.2) is 40.0 Å². The molecule has 0 atom stereocenters. The van der Waals surface area contributed by atoms with Gasteiger partial charge < -0.3 is 0 Å². The van der Waals surface area contributed by atoms with Gasteiger partial charge in [-0.1, -0.05) is 6.07 Å². The lowest BCUT2D eigenvalue weighted by Crippen LogP contribution is -2.15. The second-order valence-corrected chi connectivity index (χ2v) is 6.01. The van der Waals surface area contributed by atoms with Crippen molar-refractivity contribution in [1.82, 2.24) is 15.2 Å². The molecule has 0 radical (unpaired) electrons. The molecule has 0 amide bonds. The fourth-order valence-corrected chi connectivity index (χ4v) is 3.43. The molecule has 1 heterocycles. The Balaban J connectivity index is 2.37. The summed E-state index contributed by atoms with van der Waals surface area (Å²) in [7, 11) is -3.72. The van der Waals surface area contributed by atoms with Gasteiger partial charge in [-0.25, -0.2) is 18.1 Å². The fourth-order valence-electron chi connectivity index (χ4n) is 1.29. The van der Waals surface area contributed by atoms with Crippen molar-refractivity contribution in [1.29, 1.82) is 0 Å². The number of aromatic nitrogens is 3. The van der Waals surface area contributed by atoms with Gasteiger partial charge >= 0.3 is 0 Å². The van der Waals surface area contributed by atoms with Crippen LogP contribution in [0.25, 0.3) is 0 Å². The van der Waals surface area contributed by atoms with Crippen LogP contribution in [0.1, 0.15) is 5.56 Å². The molecule has 8 heteroatoms. The normalized spacial score (nSPS) is 11.2. The first kappa shape index (κ1) is 12.9. The van der Waals surface area contributed by atoms with E-state index in [1.54, 1.807) is 12.1 Å². The summed E-state index contributed by atoms with van der Waals surface area (Å²) in [5.41, 5.74) is 0.957. The monoisotopic (exact) mass is 328 g/mol. The third-order valence-electron chi connectivity index (χ3n) is 2.09. The molecule has 0 bridgehead atoms. The molecule has 1 aromatic carbocycles. The van der Waals surface area contributed by atoms with Crippen molar-refractivity contribution in [2.75, 3.05) is 4.72 Å². The molecule has 0 aliphatic heterocycles. The highest BCUT2D eigenvalue weighted by Gasteiger charge is 2.18. The molecule has 2 rings (SSSR count). The molecule has 0 saturated carbocycles. The van der Waals surface area contributed by atoms with Crippen LogP contribution in [0.4, 0.5) is 5.95 Å². The maximum atomic E-state index is 12.1. The van der Waals surface area contributed by atoms with E-state index in [1.807, 2.05) is 6.92 Å². The van der Waals surface area contributed by atoms with Crippen molar-refractivity contribution in [3.8, 4) is 0 Å². The summed E-state index contributed by atoms with van der Waals surface area (Å²) in [6.07, 6.45) is 2.72. The van der Waals surface area contributed by atoms with Crippen LogP contribution in [-0.4, -0.2) is 23.6 Å². The van der Waals surface area contributed by atoms with E-state index in [4.69, 9.17) is 0 Å². The van der Waals surface area contributed by atoms with Gasteiger partial charge in [0.2, 0.25) is 0 Å². The zero-order valence-electron chi connectivity index (χ0n) is 9.33. The molecule has 6 nitrogen and oxygen atoms in total. The molecular weight excluding hydrogens is 320 g/mol. The zero-order chi connectivity index (χ0) is 13.2. The number of aryl methyl sites for hydroxylation is 1. The lowest BCUT2D eigenvalue weighted by atomic mass is 10.2. The Hall–Kier alpha value is -1.54. The molecule has 0 saturated heterocycles. The minimum Gasteiger partial charge on any atom is -0.246 e. The third kappa shape index (κ3) is 2.82. The summed E-state index contributed by atoms with van der Waals surface area (Å²) < 4.78 is 26.9. The molecule has 1 N–H and O–H groups in total. The van der Waals surface area contributed by atoms with Gasteiger partial charge in [-0.2, -0.15) is 5.10 Å². The third-order valence-corrected chi connectivity index (χ3v) is 4.39. The zero-order valence-corrected chi connectivity index (χ0v) is 11.7. The first-order valence-corrected chi connectivity index (χ1v) is 7.19. The van der Waals surface area contributed by atoms with Gasteiger partial charge in [-0.05, 0) is 40.5 Å². The standard InChI is InChI=1S/C10H9BrN4O2S/c1-7-2-3-9(8(11)6-7)18(16,17)15-10-12-4-5-13-14-10/h2-6H,1H3,(H,12,14,15). The van der Waals surface area contributed by atoms with Crippen LogP contribution in [0, 0.1) is 6.92 Å². The topological polar surface area (TPSA) is 84.8 Å². The molecule has 0 spiro atoms. The van der Waals surface area contributed by atoms with Gasteiger partial charge in [-0.3, -0.25) is 0 Å². The van der Waals surface area contributed by atoms with E-state index in [1.165, 1.54) is 18.5 Å². The Morgan fingerprint density at radius 1 is 1.28 bits per heavy atom. The van der Waals surface area contributed by atoms with Crippen LogP contribution >= 0.6 is 15.9 Å². The Morgan fingerprint density at radius 2 is 2.06 bits per heavy atom. The fraction of sp³-hybridized carbons (Fsp3) is 0.100. The number of rotatable bonds is 3. The van der Waals surface area contributed by atoms with E-state index in [0.717, 1.165) is 5.56 Å². The average Bonchev–Trinajstić information content (AvgIpc) is 2.29. The molecule has 0 fully saturated rings. The summed E-state index contributed by atoms with van der Waals surface area (Å²) in [4.78, 5) is 3.88. The Morgan fingerprint density at radius 3 is 2.67 bits per heavy atom. The van der Waals surface area contributed by atoms with E-state index in [-0.39, 0.29) is 10.8 Å². The molecule has 0 aliphatic carbocycles. The first-order valence-electron chi connectivity index (χ1n) is 4.92. The number of benzene rings is 1. The Bertz CT molecular complexity index is 661. The number of nitrogens with zero attached hydrogens (tertiary/aromatic N) is 3. The molecule has 94 valence electrons. The van der Waals surface area contributed by atoms with E-state index in [9.17, 15) is 8.42 Å². The predicted molar refractivity (Wildman–Crippen MR) is 69.5 cm³/mol. The summed E-state index contributed by atoms with van der Waals surface area (Å²) in [5, 5.41) is 7.12. The van der Waals surface area contributed by atoms with Crippen molar-refractivity contribution in [2.24, 2.45) is 0 Å². The van der Waals surface area contributed by atoms with Crippen LogP contribution < -0.4 is 4.72 Å². The smallest absolute Gasteiger partial charge is 0.246 e. The van der Waals surface area contributed by atoms with Crippen LogP contribution in [0.2, 0.25) is 0 Å². The van der Waals surface area contributed by atoms with Gasteiger partial charge in [0.1, 0.15) is 4.90 Å². The Kier molecular flexibility index (Phi) is 3.58. The summed E-state index contributed by atoms with van der Waals surface area (Å²) in [6.45, 7) is 1.87. The van der Waals surface area contributed by atoms with Crippen molar-refractivity contribution < 1.29 is 8.42 Å². The number of anilines is 1. The Labute approximate surface area is 113 Å². The summed E-state index contributed by atoms with van der Waals surface area (Å²) in [5.74, 6) is -0.0648. The lowest BCUT2D eigenvalue weighted by Gasteiger charge is -2.08. The predicted octanol–water partition coefficient (Wildman–Crippen LogP) is 1.74. The molecule has 18 heavy (non-hydrogen) atoms. The number of halogens is 1. The van der Waals surface area contributed by atoms with E-state index in [0.29, 0.717) is 4.47 Å². The quantitative estimate of drug-likeness (QED) is 0.927. The van der Waals surface area contributed by atoms with Gasteiger partial charge in [0.15, 0.2) is 0 Å². The minimum atomic E-state index is -3.72. The van der Waals surface area contributed by atoms with Gasteiger partial charge in [-0.15, -0.1) is 5.10 Å². The van der Waals surface area contributed by atoms with Crippen LogP contribution in [-0.2, 0) is 10.0 Å². The van der Waals surface area contributed by atoms with Gasteiger partial charge in [0, 0.05) is 4.47 Å². The van der Waals surface area contributed by atoms with Crippen LogP contribution in [0.5, 0.6) is 0 Å². The van der Waals surface area contributed by atoms with Crippen molar-refractivity contribution in [2.45, 2.75) is 11.8 Å². The number of sulfonamides is 1. The van der Waals surface area contributed by atoms with E-state index >= 15 is 0 Å². The van der Waals surface area contributed by atoms with E-state index < -0.39 is 10.0 Å². The molecule has 2 aromatic rings. The lowest BCUT2D eigenvalue weighted by molar-refractivity contribution is 0.600. The maximum Gasteiger partial charge on any atom is 0.265 e. The summed E-state index contributed by atoms with van der Waals surface area (Å²) in [6, 6.07) is 4.94. The largest absolute Gasteiger partial charge is 0.265 e. The molecule has 0 aliphatic rings. The highest BCUT2D eigenvalue weighted by molar-refractivity contribution is 9.10. The molecule has 1 aromatic heterocycles.